The second-order valence-electron chi connectivity index (χ2n) is 9.07. The molecule has 0 spiro atoms. The SMILES string of the molecule is CCCCCCCCCc1ccc(C(CCCCC(=O)[O-])Sc2ccc(C(C)=O)c(O)c2)cc1.[Na+]. The molecule has 0 aliphatic rings. The van der Waals surface area contributed by atoms with Crippen LogP contribution in [0.4, 0.5) is 0 Å². The zero-order valence-electron chi connectivity index (χ0n) is 21.7. The largest absolute Gasteiger partial charge is 1.00 e. The monoisotopic (exact) mass is 506 g/mol. The summed E-state index contributed by atoms with van der Waals surface area (Å²) in [6, 6.07) is 13.9. The summed E-state index contributed by atoms with van der Waals surface area (Å²) in [4.78, 5) is 23.3. The molecule has 1 atom stereocenters. The van der Waals surface area contributed by atoms with Crippen molar-refractivity contribution < 1.29 is 49.4 Å². The Morgan fingerprint density at radius 1 is 0.914 bits per heavy atom. The van der Waals surface area contributed by atoms with Gasteiger partial charge in [0.25, 0.3) is 0 Å². The number of ketones is 1. The molecule has 0 aliphatic carbocycles. The minimum absolute atomic E-state index is 0. The van der Waals surface area contributed by atoms with Gasteiger partial charge in [-0.2, -0.15) is 0 Å². The number of carbonyl (C=O) groups excluding carboxylic acids is 2. The number of thioether (sulfide) groups is 1. The van der Waals surface area contributed by atoms with E-state index in [0.717, 1.165) is 24.2 Å². The molecule has 1 unspecified atom stereocenters. The molecule has 2 rings (SSSR count). The van der Waals surface area contributed by atoms with Gasteiger partial charge in [0.05, 0.1) is 5.56 Å². The number of phenolic OH excluding ortho intramolecular Hbond substituents is 1. The van der Waals surface area contributed by atoms with Crippen LogP contribution in [0.3, 0.4) is 0 Å². The van der Waals surface area contributed by atoms with Crippen LogP contribution >= 0.6 is 11.8 Å². The third-order valence-corrected chi connectivity index (χ3v) is 7.46. The maximum Gasteiger partial charge on any atom is 1.00 e. The third kappa shape index (κ3) is 12.5. The van der Waals surface area contributed by atoms with E-state index in [1.54, 1.807) is 23.9 Å². The fourth-order valence-corrected chi connectivity index (χ4v) is 5.36. The van der Waals surface area contributed by atoms with Crippen molar-refractivity contribution in [3.05, 3.63) is 59.2 Å². The first-order valence-corrected chi connectivity index (χ1v) is 13.6. The Morgan fingerprint density at radius 3 is 2.17 bits per heavy atom. The van der Waals surface area contributed by atoms with Crippen LogP contribution in [-0.4, -0.2) is 16.9 Å². The van der Waals surface area contributed by atoms with Gasteiger partial charge in [-0.05, 0) is 68.4 Å². The van der Waals surface area contributed by atoms with E-state index in [1.807, 2.05) is 6.07 Å². The van der Waals surface area contributed by atoms with Gasteiger partial charge in [0.1, 0.15) is 5.75 Å². The van der Waals surface area contributed by atoms with Gasteiger partial charge >= 0.3 is 29.6 Å². The number of rotatable bonds is 17. The summed E-state index contributed by atoms with van der Waals surface area (Å²) < 4.78 is 0. The van der Waals surface area contributed by atoms with E-state index in [4.69, 9.17) is 0 Å². The zero-order valence-corrected chi connectivity index (χ0v) is 24.5. The number of carboxylic acid groups (broad SMARTS) is 1. The van der Waals surface area contributed by atoms with Crippen molar-refractivity contribution in [3.63, 3.8) is 0 Å². The summed E-state index contributed by atoms with van der Waals surface area (Å²) in [6.45, 7) is 3.68. The topological polar surface area (TPSA) is 77.4 Å². The van der Waals surface area contributed by atoms with Crippen molar-refractivity contribution in [2.45, 2.75) is 101 Å². The Balaban J connectivity index is 0.00000612. The van der Waals surface area contributed by atoms with Gasteiger partial charge in [-0.3, -0.25) is 4.79 Å². The van der Waals surface area contributed by atoms with Gasteiger partial charge in [-0.25, -0.2) is 0 Å². The van der Waals surface area contributed by atoms with Crippen molar-refractivity contribution in [1.29, 1.82) is 0 Å². The summed E-state index contributed by atoms with van der Waals surface area (Å²) in [7, 11) is 0. The molecule has 4 nitrogen and oxygen atoms in total. The average Bonchev–Trinajstić information content (AvgIpc) is 2.80. The van der Waals surface area contributed by atoms with Crippen molar-refractivity contribution in [3.8, 4) is 5.75 Å². The quantitative estimate of drug-likeness (QED) is 0.152. The zero-order chi connectivity index (χ0) is 24.8. The van der Waals surface area contributed by atoms with Gasteiger partial charge in [0.15, 0.2) is 5.78 Å². The van der Waals surface area contributed by atoms with Gasteiger partial charge in [-0.15, -0.1) is 11.8 Å². The van der Waals surface area contributed by atoms with E-state index in [0.29, 0.717) is 12.0 Å². The van der Waals surface area contributed by atoms with E-state index in [-0.39, 0.29) is 52.8 Å². The summed E-state index contributed by atoms with van der Waals surface area (Å²) in [5, 5.41) is 21.1. The number of carboxylic acids is 1. The number of aliphatic carboxylic acids is 1. The first kappa shape index (κ1) is 31.8. The number of benzene rings is 2. The fraction of sp³-hybridized carbons (Fsp3) is 0.517. The van der Waals surface area contributed by atoms with Crippen LogP contribution in [-0.2, 0) is 11.2 Å². The number of phenols is 1. The predicted molar refractivity (Wildman–Crippen MR) is 138 cm³/mol. The Morgan fingerprint density at radius 2 is 1.57 bits per heavy atom. The molecule has 0 aromatic heterocycles. The minimum Gasteiger partial charge on any atom is -0.550 e. The maximum absolute atomic E-state index is 11.6. The van der Waals surface area contributed by atoms with Crippen molar-refractivity contribution in [1.82, 2.24) is 0 Å². The van der Waals surface area contributed by atoms with E-state index in [1.165, 1.54) is 63.0 Å². The molecule has 2 aromatic rings. The second kappa shape index (κ2) is 18.0. The summed E-state index contributed by atoms with van der Waals surface area (Å²) in [6.07, 6.45) is 12.5. The molecule has 1 N–H and O–H groups in total. The third-order valence-electron chi connectivity index (χ3n) is 6.14. The fourth-order valence-electron chi connectivity index (χ4n) is 4.12. The average molecular weight is 507 g/mol. The summed E-state index contributed by atoms with van der Waals surface area (Å²) in [5.41, 5.74) is 2.86. The molecule has 0 fully saturated rings. The van der Waals surface area contributed by atoms with Crippen LogP contribution in [0.5, 0.6) is 5.75 Å². The molecule has 0 aliphatic heterocycles. The van der Waals surface area contributed by atoms with Gasteiger partial charge in [-0.1, -0.05) is 76.1 Å². The summed E-state index contributed by atoms with van der Waals surface area (Å²) >= 11 is 1.64. The van der Waals surface area contributed by atoms with E-state index in [9.17, 15) is 19.8 Å². The van der Waals surface area contributed by atoms with Crippen LogP contribution in [0, 0.1) is 0 Å². The Kier molecular flexibility index (Phi) is 16.4. The molecule has 0 amide bonds. The molecule has 35 heavy (non-hydrogen) atoms. The molecule has 186 valence electrons. The molecule has 0 saturated carbocycles. The van der Waals surface area contributed by atoms with E-state index >= 15 is 0 Å². The number of carbonyl (C=O) groups is 2. The molecule has 2 aromatic carbocycles. The standard InChI is InChI=1S/C29H40O4S.Na/c1-3-4-5-6-7-8-9-12-23-15-17-24(18-16-23)28(13-10-11-14-29(32)33)34-25-19-20-26(22(2)30)27(31)21-25;/h15-21,28,31H,3-14H2,1-2H3,(H,32,33);/q;+1/p-1. The number of aryl methyl sites for hydroxylation is 1. The van der Waals surface area contributed by atoms with Gasteiger partial charge < -0.3 is 15.0 Å². The van der Waals surface area contributed by atoms with Crippen LogP contribution in [0.25, 0.3) is 0 Å². The molecule has 0 radical (unpaired) electrons. The van der Waals surface area contributed by atoms with Gasteiger partial charge in [0.2, 0.25) is 0 Å². The molecule has 0 bridgehead atoms. The maximum atomic E-state index is 11.6. The Labute approximate surface area is 237 Å². The van der Waals surface area contributed by atoms with Crippen molar-refractivity contribution in [2.24, 2.45) is 0 Å². The van der Waals surface area contributed by atoms with Crippen LogP contribution in [0.1, 0.15) is 111 Å². The summed E-state index contributed by atoms with van der Waals surface area (Å²) in [5.74, 6) is -1.17. The minimum atomic E-state index is -1.01. The van der Waals surface area contributed by atoms with E-state index < -0.39 is 5.97 Å². The predicted octanol–water partition coefficient (Wildman–Crippen LogP) is 4.04. The molecule has 6 heteroatoms. The van der Waals surface area contributed by atoms with Crippen LogP contribution in [0.15, 0.2) is 47.4 Å². The van der Waals surface area contributed by atoms with E-state index in [2.05, 4.69) is 31.2 Å². The number of aromatic hydroxyl groups is 1. The number of unbranched alkanes of at least 4 members (excludes halogenated alkanes) is 7. The number of hydrogen-bond donors (Lipinski definition) is 1. The molecular formula is C29H39NaO4S. The smallest absolute Gasteiger partial charge is 0.550 e. The Hall–Kier alpha value is -1.27. The van der Waals surface area contributed by atoms with Crippen LogP contribution < -0.4 is 34.7 Å². The second-order valence-corrected chi connectivity index (χ2v) is 10.3. The first-order chi connectivity index (χ1) is 16.4. The molecular weight excluding hydrogens is 467 g/mol. The van der Waals surface area contributed by atoms with Crippen LogP contribution in [0.2, 0.25) is 0 Å². The van der Waals surface area contributed by atoms with Crippen molar-refractivity contribution >= 4 is 23.5 Å². The molecule has 0 heterocycles. The normalized spacial score (nSPS) is 11.6. The molecule has 0 saturated heterocycles. The van der Waals surface area contributed by atoms with Gasteiger partial charge in [0, 0.05) is 16.1 Å². The number of Topliss-reactive ketones (excluding diaryl/α,β-unsaturated/α-hetero) is 1. The first-order valence-electron chi connectivity index (χ1n) is 12.7. The number of hydrogen-bond acceptors (Lipinski definition) is 5. The Bertz CT molecular complexity index is 898. The van der Waals surface area contributed by atoms with Crippen molar-refractivity contribution in [2.75, 3.05) is 0 Å².